The molecule has 0 spiro atoms. The molecule has 0 radical (unpaired) electrons. The molecule has 0 heterocycles. The average Bonchev–Trinajstić information content (AvgIpc) is 2.62. The van der Waals surface area contributed by atoms with Gasteiger partial charge >= 0.3 is 0 Å². The molecule has 0 amide bonds. The standard InChI is InChI=1S/C15H22N2.C5H12.C2H4/c1-3-8-14(4-2)15(17-12-16)11-13-9-6-5-7-10-13;1-4-5(2)3;1-2/h3-4,6,8-10,15,17H,1-2,5,7,11-12,16H2;5H,4H2,1-3H3;1-2H2/b14-8+;;. The first kappa shape index (κ1) is 24.6. The second-order valence-corrected chi connectivity index (χ2v) is 5.83. The van der Waals surface area contributed by atoms with Gasteiger partial charge in [0, 0.05) is 12.7 Å². The fraction of sp³-hybridized carbons (Fsp3) is 0.455. The fourth-order valence-corrected chi connectivity index (χ4v) is 1.97. The van der Waals surface area contributed by atoms with Crippen molar-refractivity contribution in [3.63, 3.8) is 0 Å². The Bertz CT molecular complexity index is 414. The van der Waals surface area contributed by atoms with E-state index in [0.717, 1.165) is 30.8 Å². The summed E-state index contributed by atoms with van der Waals surface area (Å²) in [5.41, 5.74) is 8.08. The molecule has 1 aliphatic rings. The van der Waals surface area contributed by atoms with Crippen molar-refractivity contribution in [2.45, 2.75) is 52.5 Å². The van der Waals surface area contributed by atoms with Gasteiger partial charge in [0.25, 0.3) is 0 Å². The van der Waals surface area contributed by atoms with Crippen LogP contribution in [-0.4, -0.2) is 12.7 Å². The van der Waals surface area contributed by atoms with Gasteiger partial charge in [0.1, 0.15) is 0 Å². The second kappa shape index (κ2) is 17.7. The number of hydrogen-bond acceptors (Lipinski definition) is 2. The average molecular weight is 331 g/mol. The number of nitrogens with two attached hydrogens (primary N) is 1. The zero-order chi connectivity index (χ0) is 18.8. The van der Waals surface area contributed by atoms with Crippen LogP contribution in [0.5, 0.6) is 0 Å². The van der Waals surface area contributed by atoms with Gasteiger partial charge in [-0.05, 0) is 30.8 Å². The van der Waals surface area contributed by atoms with E-state index in [2.05, 4.69) is 70.6 Å². The third-order valence-corrected chi connectivity index (χ3v) is 3.64. The quantitative estimate of drug-likeness (QED) is 0.341. The molecule has 1 atom stereocenters. The first-order valence-electron chi connectivity index (χ1n) is 8.83. The summed E-state index contributed by atoms with van der Waals surface area (Å²) in [4.78, 5) is 0. The summed E-state index contributed by atoms with van der Waals surface area (Å²) in [5, 5.41) is 3.28. The van der Waals surface area contributed by atoms with Crippen LogP contribution in [0.15, 0.2) is 73.9 Å². The largest absolute Gasteiger partial charge is 0.318 e. The molecule has 136 valence electrons. The molecule has 0 aliphatic heterocycles. The Balaban J connectivity index is 0. The van der Waals surface area contributed by atoms with Gasteiger partial charge in [0.15, 0.2) is 0 Å². The third kappa shape index (κ3) is 12.9. The van der Waals surface area contributed by atoms with E-state index in [1.165, 1.54) is 12.0 Å². The zero-order valence-electron chi connectivity index (χ0n) is 16.1. The third-order valence-electron chi connectivity index (χ3n) is 3.64. The summed E-state index contributed by atoms with van der Waals surface area (Å²) in [6.07, 6.45) is 16.9. The molecule has 0 bridgehead atoms. The van der Waals surface area contributed by atoms with E-state index in [0.29, 0.717) is 6.67 Å². The van der Waals surface area contributed by atoms with Crippen LogP contribution in [0.2, 0.25) is 0 Å². The molecular formula is C22H38N2. The maximum Gasteiger partial charge on any atom is 0.0433 e. The Morgan fingerprint density at radius 2 is 1.92 bits per heavy atom. The molecule has 3 N–H and O–H groups in total. The van der Waals surface area contributed by atoms with Gasteiger partial charge in [-0.3, -0.25) is 5.32 Å². The van der Waals surface area contributed by atoms with Gasteiger partial charge in [-0.1, -0.05) is 82.4 Å². The fourth-order valence-electron chi connectivity index (χ4n) is 1.97. The topological polar surface area (TPSA) is 38.0 Å². The van der Waals surface area contributed by atoms with Crippen LogP contribution in [-0.2, 0) is 0 Å². The molecule has 2 nitrogen and oxygen atoms in total. The van der Waals surface area contributed by atoms with E-state index in [4.69, 9.17) is 5.73 Å². The Morgan fingerprint density at radius 3 is 2.29 bits per heavy atom. The zero-order valence-corrected chi connectivity index (χ0v) is 16.1. The van der Waals surface area contributed by atoms with Gasteiger partial charge in [-0.15, -0.1) is 13.2 Å². The smallest absolute Gasteiger partial charge is 0.0433 e. The highest BCUT2D eigenvalue weighted by molar-refractivity contribution is 5.32. The molecule has 1 unspecified atom stereocenters. The number of rotatable bonds is 8. The van der Waals surface area contributed by atoms with Crippen molar-refractivity contribution >= 4 is 0 Å². The van der Waals surface area contributed by atoms with Gasteiger partial charge in [0.05, 0.1) is 0 Å². The van der Waals surface area contributed by atoms with Crippen molar-refractivity contribution in [1.29, 1.82) is 0 Å². The monoisotopic (exact) mass is 330 g/mol. The van der Waals surface area contributed by atoms with E-state index in [9.17, 15) is 0 Å². The van der Waals surface area contributed by atoms with Gasteiger partial charge < -0.3 is 5.73 Å². The number of allylic oxidation sites excluding steroid dienone is 5. The first-order chi connectivity index (χ1) is 11.6. The predicted octanol–water partition coefficient (Wildman–Crippen LogP) is 5.68. The summed E-state index contributed by atoms with van der Waals surface area (Å²) >= 11 is 0. The Labute approximate surface area is 150 Å². The molecule has 0 aromatic carbocycles. The lowest BCUT2D eigenvalue weighted by Crippen LogP contribution is -2.35. The summed E-state index contributed by atoms with van der Waals surface area (Å²) < 4.78 is 0. The minimum Gasteiger partial charge on any atom is -0.318 e. The molecule has 0 saturated heterocycles. The Morgan fingerprint density at radius 1 is 1.29 bits per heavy atom. The minimum absolute atomic E-state index is 0.212. The van der Waals surface area contributed by atoms with Gasteiger partial charge in [0.2, 0.25) is 0 Å². The maximum absolute atomic E-state index is 5.59. The first-order valence-corrected chi connectivity index (χ1v) is 8.83. The number of nitrogens with one attached hydrogen (secondary N) is 1. The predicted molar refractivity (Wildman–Crippen MR) is 112 cm³/mol. The molecule has 0 aromatic heterocycles. The number of hydrogen-bond donors (Lipinski definition) is 2. The molecule has 0 aromatic rings. The highest BCUT2D eigenvalue weighted by Gasteiger charge is 2.12. The second-order valence-electron chi connectivity index (χ2n) is 5.83. The molecule has 24 heavy (non-hydrogen) atoms. The van der Waals surface area contributed by atoms with E-state index >= 15 is 0 Å². The van der Waals surface area contributed by atoms with Crippen LogP contribution in [0.3, 0.4) is 0 Å². The van der Waals surface area contributed by atoms with Crippen LogP contribution in [0.25, 0.3) is 0 Å². The lowest BCUT2D eigenvalue weighted by molar-refractivity contribution is 0.586. The van der Waals surface area contributed by atoms with Crippen LogP contribution in [0.4, 0.5) is 0 Å². The van der Waals surface area contributed by atoms with Crippen molar-refractivity contribution in [3.8, 4) is 0 Å². The lowest BCUT2D eigenvalue weighted by atomic mass is 9.95. The van der Waals surface area contributed by atoms with Crippen molar-refractivity contribution in [3.05, 3.63) is 73.9 Å². The summed E-state index contributed by atoms with van der Waals surface area (Å²) in [7, 11) is 0. The van der Waals surface area contributed by atoms with Crippen molar-refractivity contribution in [2.75, 3.05) is 6.67 Å². The summed E-state index contributed by atoms with van der Waals surface area (Å²) in [5.74, 6) is 0.884. The van der Waals surface area contributed by atoms with Crippen molar-refractivity contribution in [2.24, 2.45) is 11.7 Å². The van der Waals surface area contributed by atoms with E-state index in [1.807, 2.05) is 12.2 Å². The molecule has 1 rings (SSSR count). The van der Waals surface area contributed by atoms with Gasteiger partial charge in [-0.25, -0.2) is 0 Å². The molecule has 0 saturated carbocycles. The van der Waals surface area contributed by atoms with Crippen molar-refractivity contribution in [1.82, 2.24) is 5.32 Å². The van der Waals surface area contributed by atoms with Crippen LogP contribution in [0, 0.1) is 5.92 Å². The lowest BCUT2D eigenvalue weighted by Gasteiger charge is -2.20. The molecular weight excluding hydrogens is 292 g/mol. The van der Waals surface area contributed by atoms with Crippen molar-refractivity contribution < 1.29 is 0 Å². The SMILES string of the molecule is C=C.C=C/C=C(\C=C)C(CC1=CCCC=C1)NCN.CCC(C)C. The normalized spacial score (nSPS) is 14.5. The summed E-state index contributed by atoms with van der Waals surface area (Å²) in [6, 6.07) is 0.212. The Hall–Kier alpha value is -1.64. The molecule has 0 fully saturated rings. The van der Waals surface area contributed by atoms with E-state index in [-0.39, 0.29) is 6.04 Å². The van der Waals surface area contributed by atoms with Crippen LogP contribution in [0.1, 0.15) is 46.5 Å². The van der Waals surface area contributed by atoms with E-state index in [1.54, 1.807) is 6.08 Å². The molecule has 1 aliphatic carbocycles. The molecule has 2 heteroatoms. The Kier molecular flexibility index (Phi) is 18.2. The van der Waals surface area contributed by atoms with E-state index < -0.39 is 0 Å². The minimum atomic E-state index is 0.212. The highest BCUT2D eigenvalue weighted by Crippen LogP contribution is 2.19. The maximum atomic E-state index is 5.59. The van der Waals surface area contributed by atoms with Crippen LogP contribution < -0.4 is 11.1 Å². The van der Waals surface area contributed by atoms with Gasteiger partial charge in [-0.2, -0.15) is 0 Å². The highest BCUT2D eigenvalue weighted by atomic mass is 15.0. The van der Waals surface area contributed by atoms with Crippen LogP contribution >= 0.6 is 0 Å². The summed E-state index contributed by atoms with van der Waals surface area (Å²) in [6.45, 7) is 20.7.